The van der Waals surface area contributed by atoms with Crippen LogP contribution in [0.4, 0.5) is 0 Å². The van der Waals surface area contributed by atoms with Gasteiger partial charge in [-0.05, 0) is 24.2 Å². The normalized spacial score (nSPS) is 24.3. The highest BCUT2D eigenvalue weighted by molar-refractivity contribution is 6.20. The van der Waals surface area contributed by atoms with E-state index in [0.29, 0.717) is 12.3 Å². The van der Waals surface area contributed by atoms with Gasteiger partial charge in [0, 0.05) is 19.5 Å². The zero-order valence-corrected chi connectivity index (χ0v) is 11.7. The fourth-order valence-corrected chi connectivity index (χ4v) is 2.17. The van der Waals surface area contributed by atoms with Crippen molar-refractivity contribution in [3.05, 3.63) is 0 Å². The van der Waals surface area contributed by atoms with Crippen LogP contribution < -0.4 is 0 Å². The van der Waals surface area contributed by atoms with E-state index >= 15 is 0 Å². The summed E-state index contributed by atoms with van der Waals surface area (Å²) in [4.78, 5) is 14.0. The summed E-state index contributed by atoms with van der Waals surface area (Å²) in [5.41, 5.74) is 0.200. The number of likely N-dealkylation sites (tertiary alicyclic amines) is 1. The van der Waals surface area contributed by atoms with E-state index in [1.54, 1.807) is 0 Å². The van der Waals surface area contributed by atoms with Gasteiger partial charge in [0.15, 0.2) is 0 Å². The molecule has 0 radical (unpaired) electrons. The van der Waals surface area contributed by atoms with Crippen molar-refractivity contribution in [2.24, 2.45) is 11.3 Å². The minimum absolute atomic E-state index is 0.155. The molecule has 0 bridgehead atoms. The standard InChI is InChI=1S/C13H24ClNO/c1-10(13(2,3)4)8-12(16)15-7-5-6-11(14)9-15/h10-11H,5-9H2,1-4H3. The van der Waals surface area contributed by atoms with Crippen LogP contribution in [0, 0.1) is 11.3 Å². The molecule has 0 aliphatic carbocycles. The molecule has 2 unspecified atom stereocenters. The van der Waals surface area contributed by atoms with Crippen LogP contribution in [-0.2, 0) is 4.79 Å². The smallest absolute Gasteiger partial charge is 0.222 e. The Morgan fingerprint density at radius 2 is 2.12 bits per heavy atom. The number of nitrogens with zero attached hydrogens (tertiary/aromatic N) is 1. The van der Waals surface area contributed by atoms with E-state index in [2.05, 4.69) is 27.7 Å². The van der Waals surface area contributed by atoms with Crippen molar-refractivity contribution >= 4 is 17.5 Å². The van der Waals surface area contributed by atoms with Gasteiger partial charge in [-0.3, -0.25) is 4.79 Å². The van der Waals surface area contributed by atoms with E-state index in [1.807, 2.05) is 4.90 Å². The summed E-state index contributed by atoms with van der Waals surface area (Å²) in [5, 5.41) is 0.155. The highest BCUT2D eigenvalue weighted by Gasteiger charge is 2.27. The first-order chi connectivity index (χ1) is 7.30. The van der Waals surface area contributed by atoms with Gasteiger partial charge in [0.1, 0.15) is 0 Å². The third-order valence-electron chi connectivity index (χ3n) is 3.68. The third-order valence-corrected chi connectivity index (χ3v) is 4.03. The summed E-state index contributed by atoms with van der Waals surface area (Å²) in [5.74, 6) is 0.684. The predicted molar refractivity (Wildman–Crippen MR) is 68.7 cm³/mol. The molecule has 2 atom stereocenters. The molecule has 1 amide bonds. The number of hydrogen-bond acceptors (Lipinski definition) is 1. The molecule has 0 aromatic rings. The number of rotatable bonds is 2. The lowest BCUT2D eigenvalue weighted by Gasteiger charge is -2.33. The van der Waals surface area contributed by atoms with Crippen LogP contribution in [-0.4, -0.2) is 29.3 Å². The van der Waals surface area contributed by atoms with Crippen molar-refractivity contribution in [3.63, 3.8) is 0 Å². The maximum Gasteiger partial charge on any atom is 0.222 e. The minimum atomic E-state index is 0.155. The second kappa shape index (κ2) is 5.39. The molecule has 1 fully saturated rings. The fraction of sp³-hybridized carbons (Fsp3) is 0.923. The first-order valence-corrected chi connectivity index (χ1v) is 6.66. The molecule has 0 aromatic heterocycles. The van der Waals surface area contributed by atoms with E-state index in [-0.39, 0.29) is 16.7 Å². The molecule has 1 heterocycles. The van der Waals surface area contributed by atoms with Gasteiger partial charge in [0.2, 0.25) is 5.91 Å². The van der Waals surface area contributed by atoms with Crippen molar-refractivity contribution in [2.45, 2.75) is 52.3 Å². The zero-order chi connectivity index (χ0) is 12.3. The molecule has 16 heavy (non-hydrogen) atoms. The van der Waals surface area contributed by atoms with Crippen molar-refractivity contribution < 1.29 is 4.79 Å². The summed E-state index contributed by atoms with van der Waals surface area (Å²) >= 11 is 6.09. The summed E-state index contributed by atoms with van der Waals surface area (Å²) in [6.45, 7) is 10.3. The molecule has 3 heteroatoms. The lowest BCUT2D eigenvalue weighted by atomic mass is 9.80. The Morgan fingerprint density at radius 3 is 2.62 bits per heavy atom. The van der Waals surface area contributed by atoms with Gasteiger partial charge in [-0.15, -0.1) is 11.6 Å². The number of piperidine rings is 1. The second-order valence-corrected chi connectivity index (χ2v) is 6.67. The minimum Gasteiger partial charge on any atom is -0.341 e. The molecular formula is C13H24ClNO. The van der Waals surface area contributed by atoms with Crippen molar-refractivity contribution in [2.75, 3.05) is 13.1 Å². The largest absolute Gasteiger partial charge is 0.341 e. The Labute approximate surface area is 104 Å². The average Bonchev–Trinajstić information content (AvgIpc) is 2.16. The molecule has 0 spiro atoms. The lowest BCUT2D eigenvalue weighted by Crippen LogP contribution is -2.41. The third kappa shape index (κ3) is 3.97. The number of alkyl halides is 1. The lowest BCUT2D eigenvalue weighted by molar-refractivity contribution is -0.133. The monoisotopic (exact) mass is 245 g/mol. The van der Waals surface area contributed by atoms with Gasteiger partial charge in [-0.25, -0.2) is 0 Å². The molecule has 0 aromatic carbocycles. The topological polar surface area (TPSA) is 20.3 Å². The second-order valence-electron chi connectivity index (χ2n) is 6.05. The van der Waals surface area contributed by atoms with Crippen LogP contribution in [0.1, 0.15) is 47.0 Å². The maximum atomic E-state index is 12.1. The summed E-state index contributed by atoms with van der Waals surface area (Å²) < 4.78 is 0. The number of carbonyl (C=O) groups is 1. The Kier molecular flexibility index (Phi) is 4.66. The molecule has 0 saturated carbocycles. The highest BCUT2D eigenvalue weighted by atomic mass is 35.5. The molecule has 1 aliphatic rings. The van der Waals surface area contributed by atoms with Crippen molar-refractivity contribution in [3.8, 4) is 0 Å². The first kappa shape index (κ1) is 13.8. The summed E-state index contributed by atoms with van der Waals surface area (Å²) in [6.07, 6.45) is 2.73. The van der Waals surface area contributed by atoms with Gasteiger partial charge >= 0.3 is 0 Å². The van der Waals surface area contributed by atoms with Crippen LogP contribution in [0.2, 0.25) is 0 Å². The molecular weight excluding hydrogens is 222 g/mol. The van der Waals surface area contributed by atoms with E-state index < -0.39 is 0 Å². The van der Waals surface area contributed by atoms with E-state index in [9.17, 15) is 4.79 Å². The molecule has 1 rings (SSSR count). The van der Waals surface area contributed by atoms with Gasteiger partial charge in [0.25, 0.3) is 0 Å². The molecule has 2 nitrogen and oxygen atoms in total. The predicted octanol–water partition coefficient (Wildman–Crippen LogP) is 3.29. The van der Waals surface area contributed by atoms with Crippen molar-refractivity contribution in [1.29, 1.82) is 0 Å². The highest BCUT2D eigenvalue weighted by Crippen LogP contribution is 2.29. The Hall–Kier alpha value is -0.240. The van der Waals surface area contributed by atoms with E-state index in [4.69, 9.17) is 11.6 Å². The van der Waals surface area contributed by atoms with Crippen LogP contribution in [0.25, 0.3) is 0 Å². The van der Waals surface area contributed by atoms with Crippen LogP contribution in [0.5, 0.6) is 0 Å². The van der Waals surface area contributed by atoms with Gasteiger partial charge in [0.05, 0.1) is 5.38 Å². The molecule has 1 aliphatic heterocycles. The van der Waals surface area contributed by atoms with Crippen molar-refractivity contribution in [1.82, 2.24) is 4.90 Å². The Balaban J connectivity index is 2.46. The number of amides is 1. The molecule has 0 N–H and O–H groups in total. The SMILES string of the molecule is CC(CC(=O)N1CCCC(Cl)C1)C(C)(C)C. The maximum absolute atomic E-state index is 12.1. The zero-order valence-electron chi connectivity index (χ0n) is 10.9. The molecule has 94 valence electrons. The van der Waals surface area contributed by atoms with Crippen LogP contribution in [0.3, 0.4) is 0 Å². The fourth-order valence-electron chi connectivity index (χ4n) is 1.85. The van der Waals surface area contributed by atoms with Gasteiger partial charge < -0.3 is 4.90 Å². The number of carbonyl (C=O) groups excluding carboxylic acids is 1. The van der Waals surface area contributed by atoms with E-state index in [0.717, 1.165) is 25.9 Å². The Bertz CT molecular complexity index is 247. The van der Waals surface area contributed by atoms with Crippen LogP contribution in [0.15, 0.2) is 0 Å². The molecule has 1 saturated heterocycles. The van der Waals surface area contributed by atoms with Crippen LogP contribution >= 0.6 is 11.6 Å². The summed E-state index contributed by atoms with van der Waals surface area (Å²) in [7, 11) is 0. The first-order valence-electron chi connectivity index (χ1n) is 6.22. The van der Waals surface area contributed by atoms with Gasteiger partial charge in [-0.2, -0.15) is 0 Å². The average molecular weight is 246 g/mol. The number of halogens is 1. The number of hydrogen-bond donors (Lipinski definition) is 0. The summed E-state index contributed by atoms with van der Waals surface area (Å²) in [6, 6.07) is 0. The van der Waals surface area contributed by atoms with Gasteiger partial charge in [-0.1, -0.05) is 27.7 Å². The quantitative estimate of drug-likeness (QED) is 0.684. The van der Waals surface area contributed by atoms with E-state index in [1.165, 1.54) is 0 Å². The Morgan fingerprint density at radius 1 is 1.50 bits per heavy atom.